The zero-order valence-electron chi connectivity index (χ0n) is 11.8. The second kappa shape index (κ2) is 6.00. The molecule has 0 spiro atoms. The van der Waals surface area contributed by atoms with E-state index in [4.69, 9.17) is 5.73 Å². The first-order chi connectivity index (χ1) is 8.45. The molecular formula is C13H24N4O. The highest BCUT2D eigenvalue weighted by Gasteiger charge is 2.22. The van der Waals surface area contributed by atoms with Crippen molar-refractivity contribution >= 4 is 5.91 Å². The molecule has 0 unspecified atom stereocenters. The van der Waals surface area contributed by atoms with Gasteiger partial charge in [-0.2, -0.15) is 5.10 Å². The minimum absolute atomic E-state index is 0.0864. The average molecular weight is 252 g/mol. The molecule has 0 bridgehead atoms. The van der Waals surface area contributed by atoms with Gasteiger partial charge in [0.05, 0.1) is 11.3 Å². The first-order valence-electron chi connectivity index (χ1n) is 6.55. The Hall–Kier alpha value is -1.36. The molecule has 18 heavy (non-hydrogen) atoms. The van der Waals surface area contributed by atoms with E-state index in [1.165, 1.54) is 0 Å². The first-order valence-corrected chi connectivity index (χ1v) is 6.55. The third-order valence-electron chi connectivity index (χ3n) is 3.49. The molecule has 5 heteroatoms. The average Bonchev–Trinajstić information content (AvgIpc) is 2.76. The molecule has 0 saturated heterocycles. The molecule has 1 aromatic rings. The fourth-order valence-corrected chi connectivity index (χ4v) is 1.84. The highest BCUT2D eigenvalue weighted by molar-refractivity contribution is 5.95. The van der Waals surface area contributed by atoms with Crippen LogP contribution in [0, 0.1) is 0 Å². The summed E-state index contributed by atoms with van der Waals surface area (Å²) in [7, 11) is 1.82. The summed E-state index contributed by atoms with van der Waals surface area (Å²) >= 11 is 0. The van der Waals surface area contributed by atoms with Gasteiger partial charge in [0, 0.05) is 25.3 Å². The fraction of sp³-hybridized carbons (Fsp3) is 0.692. The van der Waals surface area contributed by atoms with Gasteiger partial charge in [-0.05, 0) is 19.3 Å². The van der Waals surface area contributed by atoms with Crippen molar-refractivity contribution < 1.29 is 4.79 Å². The zero-order valence-corrected chi connectivity index (χ0v) is 11.8. The van der Waals surface area contributed by atoms with Crippen molar-refractivity contribution in [3.8, 4) is 0 Å². The normalized spacial score (nSPS) is 11.6. The van der Waals surface area contributed by atoms with Crippen LogP contribution in [0.4, 0.5) is 0 Å². The smallest absolute Gasteiger partial charge is 0.254 e. The van der Waals surface area contributed by atoms with Crippen LogP contribution < -0.4 is 11.1 Å². The number of carbonyl (C=O) groups is 1. The lowest BCUT2D eigenvalue weighted by molar-refractivity contribution is 0.0941. The summed E-state index contributed by atoms with van der Waals surface area (Å²) in [5.74, 6) is -0.0864. The van der Waals surface area contributed by atoms with Gasteiger partial charge in [-0.25, -0.2) is 0 Å². The largest absolute Gasteiger partial charge is 0.350 e. The molecular weight excluding hydrogens is 228 g/mol. The summed E-state index contributed by atoms with van der Waals surface area (Å²) in [6, 6.07) is 0. The van der Waals surface area contributed by atoms with E-state index in [2.05, 4.69) is 10.4 Å². The van der Waals surface area contributed by atoms with Gasteiger partial charge in [0.15, 0.2) is 0 Å². The van der Waals surface area contributed by atoms with Crippen LogP contribution in [0.2, 0.25) is 0 Å². The Morgan fingerprint density at radius 1 is 1.44 bits per heavy atom. The number of hydrogen-bond donors (Lipinski definition) is 2. The predicted octanol–water partition coefficient (Wildman–Crippen LogP) is 1.23. The molecule has 0 aliphatic carbocycles. The van der Waals surface area contributed by atoms with E-state index in [-0.39, 0.29) is 11.4 Å². The van der Waals surface area contributed by atoms with Crippen LogP contribution >= 0.6 is 0 Å². The molecule has 0 saturated carbocycles. The Bertz CT molecular complexity index is 407. The van der Waals surface area contributed by atoms with Gasteiger partial charge < -0.3 is 11.1 Å². The summed E-state index contributed by atoms with van der Waals surface area (Å²) in [5.41, 5.74) is 7.32. The molecule has 0 fully saturated rings. The number of aryl methyl sites for hydroxylation is 2. The van der Waals surface area contributed by atoms with Crippen molar-refractivity contribution in [3.05, 3.63) is 17.5 Å². The van der Waals surface area contributed by atoms with Crippen LogP contribution in [0.3, 0.4) is 0 Å². The third kappa shape index (κ3) is 3.32. The molecule has 1 amide bonds. The molecule has 3 N–H and O–H groups in total. The number of rotatable bonds is 6. The zero-order chi connectivity index (χ0) is 13.8. The van der Waals surface area contributed by atoms with Crippen molar-refractivity contribution in [1.82, 2.24) is 15.1 Å². The third-order valence-corrected chi connectivity index (χ3v) is 3.49. The van der Waals surface area contributed by atoms with Crippen LogP contribution in [0.1, 0.15) is 49.7 Å². The highest BCUT2D eigenvalue weighted by atomic mass is 16.1. The van der Waals surface area contributed by atoms with Crippen molar-refractivity contribution in [2.45, 2.75) is 45.6 Å². The van der Waals surface area contributed by atoms with Crippen LogP contribution in [-0.4, -0.2) is 27.8 Å². The Morgan fingerprint density at radius 2 is 2.06 bits per heavy atom. The molecule has 1 aromatic heterocycles. The number of amides is 1. The minimum atomic E-state index is -0.315. The lowest BCUT2D eigenvalue weighted by Gasteiger charge is -2.26. The van der Waals surface area contributed by atoms with Crippen LogP contribution in [0.15, 0.2) is 6.20 Å². The molecule has 0 aliphatic heterocycles. The molecule has 1 rings (SSSR count). The first kappa shape index (κ1) is 14.7. The van der Waals surface area contributed by atoms with Gasteiger partial charge >= 0.3 is 0 Å². The quantitative estimate of drug-likeness (QED) is 0.799. The topological polar surface area (TPSA) is 72.9 Å². The monoisotopic (exact) mass is 252 g/mol. The number of nitrogens with two attached hydrogens (primary N) is 1. The molecule has 0 atom stereocenters. The number of carbonyl (C=O) groups excluding carboxylic acids is 1. The van der Waals surface area contributed by atoms with Crippen molar-refractivity contribution in [2.24, 2.45) is 12.8 Å². The van der Waals surface area contributed by atoms with Gasteiger partial charge in [-0.1, -0.05) is 20.8 Å². The van der Waals surface area contributed by atoms with Crippen molar-refractivity contribution in [1.29, 1.82) is 0 Å². The Morgan fingerprint density at radius 3 is 2.56 bits per heavy atom. The Kier molecular flexibility index (Phi) is 4.90. The molecule has 0 aromatic carbocycles. The molecule has 1 heterocycles. The second-order valence-electron chi connectivity index (χ2n) is 4.77. The predicted molar refractivity (Wildman–Crippen MR) is 72.4 cm³/mol. The van der Waals surface area contributed by atoms with E-state index in [9.17, 15) is 4.79 Å². The van der Waals surface area contributed by atoms with Gasteiger partial charge in [0.2, 0.25) is 0 Å². The summed E-state index contributed by atoms with van der Waals surface area (Å²) in [5, 5.41) is 7.17. The van der Waals surface area contributed by atoms with Crippen LogP contribution in [0.5, 0.6) is 0 Å². The molecule has 0 radical (unpaired) electrons. The molecule has 102 valence electrons. The maximum absolute atomic E-state index is 12.1. The van der Waals surface area contributed by atoms with Crippen molar-refractivity contribution in [2.75, 3.05) is 6.54 Å². The molecule has 5 nitrogen and oxygen atoms in total. The van der Waals surface area contributed by atoms with Gasteiger partial charge in [-0.15, -0.1) is 0 Å². The fourth-order valence-electron chi connectivity index (χ4n) is 1.84. The maximum Gasteiger partial charge on any atom is 0.254 e. The van der Waals surface area contributed by atoms with E-state index < -0.39 is 0 Å². The summed E-state index contributed by atoms with van der Waals surface area (Å²) in [4.78, 5) is 12.1. The second-order valence-corrected chi connectivity index (χ2v) is 4.77. The number of hydrogen-bond acceptors (Lipinski definition) is 3. The maximum atomic E-state index is 12.1. The van der Waals surface area contributed by atoms with Crippen LogP contribution in [0.25, 0.3) is 0 Å². The SMILES string of the molecule is CCc1nn(C)cc1C(=O)NCC(N)(CC)CC. The standard InChI is InChI=1S/C13H24N4O/c1-5-11-10(8-17(4)16-11)12(18)15-9-13(14,6-2)7-3/h8H,5-7,9,14H2,1-4H3,(H,15,18). The van der Waals surface area contributed by atoms with Gasteiger partial charge in [0.25, 0.3) is 5.91 Å². The van der Waals surface area contributed by atoms with E-state index in [0.717, 1.165) is 25.0 Å². The summed E-state index contributed by atoms with van der Waals surface area (Å²) in [6.45, 7) is 6.57. The highest BCUT2D eigenvalue weighted by Crippen LogP contribution is 2.11. The van der Waals surface area contributed by atoms with Gasteiger partial charge in [0.1, 0.15) is 0 Å². The minimum Gasteiger partial charge on any atom is -0.350 e. The van der Waals surface area contributed by atoms with E-state index >= 15 is 0 Å². The Balaban J connectivity index is 2.71. The van der Waals surface area contributed by atoms with E-state index in [0.29, 0.717) is 12.1 Å². The van der Waals surface area contributed by atoms with Gasteiger partial charge in [-0.3, -0.25) is 9.48 Å². The number of nitrogens with zero attached hydrogens (tertiary/aromatic N) is 2. The lowest BCUT2D eigenvalue weighted by Crippen LogP contribution is -2.49. The van der Waals surface area contributed by atoms with E-state index in [1.807, 2.05) is 27.8 Å². The number of nitrogens with one attached hydrogen (secondary N) is 1. The summed E-state index contributed by atoms with van der Waals surface area (Å²) in [6.07, 6.45) is 4.19. The number of aromatic nitrogens is 2. The van der Waals surface area contributed by atoms with Crippen molar-refractivity contribution in [3.63, 3.8) is 0 Å². The van der Waals surface area contributed by atoms with E-state index in [1.54, 1.807) is 10.9 Å². The molecule has 0 aliphatic rings. The Labute approximate surface area is 109 Å². The summed E-state index contributed by atoms with van der Waals surface area (Å²) < 4.78 is 1.67. The van der Waals surface area contributed by atoms with Crippen LogP contribution in [-0.2, 0) is 13.5 Å². The lowest BCUT2D eigenvalue weighted by atomic mass is 9.94.